The Balaban J connectivity index is 2.01. The number of halogens is 1. The summed E-state index contributed by atoms with van der Waals surface area (Å²) in [4.78, 5) is 14.2. The maximum atomic E-state index is 12.5. The number of benzene rings is 1. The number of amides is 1. The van der Waals surface area contributed by atoms with Gasteiger partial charge in [0.1, 0.15) is 5.75 Å². The van der Waals surface area contributed by atoms with Crippen molar-refractivity contribution in [3.05, 3.63) is 28.8 Å². The summed E-state index contributed by atoms with van der Waals surface area (Å²) in [7, 11) is -1.65. The van der Waals surface area contributed by atoms with E-state index in [1.54, 1.807) is 37.1 Å². The van der Waals surface area contributed by atoms with Gasteiger partial charge in [0.25, 0.3) is 0 Å². The number of sulfonamides is 1. The number of hydrogen-bond acceptors (Lipinski definition) is 4. The zero-order valence-electron chi connectivity index (χ0n) is 14.0. The number of ether oxygens (including phenoxy) is 1. The summed E-state index contributed by atoms with van der Waals surface area (Å²) in [5.74, 6) is 0.687. The molecule has 134 valence electrons. The molecule has 0 bridgehead atoms. The quantitative estimate of drug-likeness (QED) is 0.787. The molecule has 0 unspecified atom stereocenters. The fourth-order valence-corrected chi connectivity index (χ4v) is 4.05. The summed E-state index contributed by atoms with van der Waals surface area (Å²) in [6.07, 6.45) is 0.838. The van der Waals surface area contributed by atoms with E-state index in [1.807, 2.05) is 0 Å². The molecule has 1 amide bonds. The topological polar surface area (TPSA) is 66.9 Å². The summed E-state index contributed by atoms with van der Waals surface area (Å²) in [6, 6.07) is 5.24. The van der Waals surface area contributed by atoms with Gasteiger partial charge in [0, 0.05) is 31.2 Å². The van der Waals surface area contributed by atoms with Crippen LogP contribution in [0.15, 0.2) is 18.2 Å². The highest BCUT2D eigenvalue weighted by atomic mass is 35.5. The van der Waals surface area contributed by atoms with Crippen LogP contribution in [-0.4, -0.2) is 62.6 Å². The first kappa shape index (κ1) is 19.0. The number of rotatable bonds is 5. The summed E-state index contributed by atoms with van der Waals surface area (Å²) in [6.45, 7) is 3.41. The van der Waals surface area contributed by atoms with Crippen molar-refractivity contribution in [2.75, 3.05) is 39.0 Å². The molecule has 1 aromatic carbocycles. The smallest absolute Gasteiger partial charge is 0.227 e. The molecule has 8 heteroatoms. The molecule has 1 heterocycles. The van der Waals surface area contributed by atoms with Gasteiger partial charge in [-0.25, -0.2) is 12.7 Å². The molecule has 1 aliphatic rings. The lowest BCUT2D eigenvalue weighted by molar-refractivity contribution is -0.130. The van der Waals surface area contributed by atoms with Gasteiger partial charge in [-0.1, -0.05) is 17.7 Å². The fraction of sp³-hybridized carbons (Fsp3) is 0.562. The van der Waals surface area contributed by atoms with Crippen molar-refractivity contribution in [2.24, 2.45) is 0 Å². The first-order valence-corrected chi connectivity index (χ1v) is 9.94. The van der Waals surface area contributed by atoms with E-state index < -0.39 is 10.0 Å². The third-order valence-corrected chi connectivity index (χ3v) is 6.40. The van der Waals surface area contributed by atoms with Crippen LogP contribution >= 0.6 is 11.6 Å². The summed E-state index contributed by atoms with van der Waals surface area (Å²) in [5, 5.41) is 0.493. The van der Waals surface area contributed by atoms with Crippen molar-refractivity contribution in [1.29, 1.82) is 0 Å². The van der Waals surface area contributed by atoms with E-state index in [4.69, 9.17) is 16.3 Å². The average molecular weight is 375 g/mol. The number of nitrogens with zero attached hydrogens (tertiary/aromatic N) is 2. The second kappa shape index (κ2) is 8.18. The van der Waals surface area contributed by atoms with Crippen molar-refractivity contribution in [3.63, 3.8) is 0 Å². The molecular formula is C16H23ClN2O4S. The van der Waals surface area contributed by atoms with Gasteiger partial charge in [0.15, 0.2) is 0 Å². The van der Waals surface area contributed by atoms with Gasteiger partial charge in [0.2, 0.25) is 15.9 Å². The Labute approximate surface area is 148 Å². The lowest BCUT2D eigenvalue weighted by Gasteiger charge is -2.22. The first-order chi connectivity index (χ1) is 11.4. The van der Waals surface area contributed by atoms with Crippen molar-refractivity contribution in [2.45, 2.75) is 19.8 Å². The predicted molar refractivity (Wildman–Crippen MR) is 93.9 cm³/mol. The van der Waals surface area contributed by atoms with Crippen molar-refractivity contribution in [1.82, 2.24) is 9.21 Å². The highest BCUT2D eigenvalue weighted by Crippen LogP contribution is 2.23. The van der Waals surface area contributed by atoms with E-state index in [0.29, 0.717) is 43.4 Å². The molecule has 1 aromatic rings. The van der Waals surface area contributed by atoms with Crippen LogP contribution in [0.2, 0.25) is 5.02 Å². The van der Waals surface area contributed by atoms with E-state index in [2.05, 4.69) is 0 Å². The maximum absolute atomic E-state index is 12.5. The van der Waals surface area contributed by atoms with Gasteiger partial charge in [-0.3, -0.25) is 4.79 Å². The third kappa shape index (κ3) is 4.62. The molecule has 1 aliphatic heterocycles. The SMILES string of the molecule is CCS(=O)(=O)N1CCCN(C(=O)Cc2ccc(OC)cc2Cl)CC1. The average Bonchev–Trinajstić information content (AvgIpc) is 2.83. The van der Waals surface area contributed by atoms with E-state index in [9.17, 15) is 13.2 Å². The van der Waals surface area contributed by atoms with Crippen LogP contribution in [0.25, 0.3) is 0 Å². The number of methoxy groups -OCH3 is 1. The van der Waals surface area contributed by atoms with E-state index >= 15 is 0 Å². The van der Waals surface area contributed by atoms with Gasteiger partial charge < -0.3 is 9.64 Å². The Bertz CT molecular complexity index is 693. The van der Waals surface area contributed by atoms with Gasteiger partial charge in [0.05, 0.1) is 19.3 Å². The Morgan fingerprint density at radius 2 is 2.00 bits per heavy atom. The minimum atomic E-state index is -3.21. The van der Waals surface area contributed by atoms with Crippen LogP contribution < -0.4 is 4.74 Å². The Morgan fingerprint density at radius 3 is 2.62 bits per heavy atom. The monoisotopic (exact) mass is 374 g/mol. The lowest BCUT2D eigenvalue weighted by atomic mass is 10.1. The molecule has 1 fully saturated rings. The maximum Gasteiger partial charge on any atom is 0.227 e. The van der Waals surface area contributed by atoms with Gasteiger partial charge in [-0.05, 0) is 31.0 Å². The standard InChI is InChI=1S/C16H23ClN2O4S/c1-3-24(21,22)19-8-4-7-18(9-10-19)16(20)11-13-5-6-14(23-2)12-15(13)17/h5-6,12H,3-4,7-11H2,1-2H3. The molecule has 0 saturated carbocycles. The highest BCUT2D eigenvalue weighted by molar-refractivity contribution is 7.89. The van der Waals surface area contributed by atoms with Crippen LogP contribution in [0.5, 0.6) is 5.75 Å². The Kier molecular flexibility index (Phi) is 6.48. The second-order valence-electron chi connectivity index (χ2n) is 5.67. The number of carbonyl (C=O) groups is 1. The van der Waals surface area contributed by atoms with Crippen molar-refractivity contribution >= 4 is 27.5 Å². The Hall–Kier alpha value is -1.31. The minimum Gasteiger partial charge on any atom is -0.497 e. The molecule has 0 N–H and O–H groups in total. The molecule has 0 aromatic heterocycles. The van der Waals surface area contributed by atoms with Crippen LogP contribution in [0, 0.1) is 0 Å². The van der Waals surface area contributed by atoms with Crippen molar-refractivity contribution < 1.29 is 17.9 Å². The molecule has 24 heavy (non-hydrogen) atoms. The van der Waals surface area contributed by atoms with Gasteiger partial charge >= 0.3 is 0 Å². The van der Waals surface area contributed by atoms with E-state index in [-0.39, 0.29) is 18.1 Å². The summed E-state index contributed by atoms with van der Waals surface area (Å²) < 4.78 is 30.5. The van der Waals surface area contributed by atoms with Crippen molar-refractivity contribution in [3.8, 4) is 5.75 Å². The van der Waals surface area contributed by atoms with Crippen LogP contribution in [0.1, 0.15) is 18.9 Å². The molecule has 0 aliphatic carbocycles. The summed E-state index contributed by atoms with van der Waals surface area (Å²) in [5.41, 5.74) is 0.741. The lowest BCUT2D eigenvalue weighted by Crippen LogP contribution is -2.38. The van der Waals surface area contributed by atoms with Gasteiger partial charge in [-0.15, -0.1) is 0 Å². The summed E-state index contributed by atoms with van der Waals surface area (Å²) >= 11 is 6.19. The van der Waals surface area contributed by atoms with Crippen LogP contribution in [0.3, 0.4) is 0 Å². The zero-order valence-corrected chi connectivity index (χ0v) is 15.6. The molecule has 6 nitrogen and oxygen atoms in total. The molecule has 0 spiro atoms. The third-order valence-electron chi connectivity index (χ3n) is 4.17. The second-order valence-corrected chi connectivity index (χ2v) is 8.33. The highest BCUT2D eigenvalue weighted by Gasteiger charge is 2.25. The zero-order chi connectivity index (χ0) is 17.7. The predicted octanol–water partition coefficient (Wildman–Crippen LogP) is 1.78. The van der Waals surface area contributed by atoms with E-state index in [0.717, 1.165) is 5.56 Å². The van der Waals surface area contributed by atoms with Crippen LogP contribution in [-0.2, 0) is 21.2 Å². The molecule has 0 radical (unpaired) electrons. The first-order valence-electron chi connectivity index (χ1n) is 7.95. The normalized spacial score (nSPS) is 16.7. The molecule has 2 rings (SSSR count). The Morgan fingerprint density at radius 1 is 1.25 bits per heavy atom. The minimum absolute atomic E-state index is 0.0437. The largest absolute Gasteiger partial charge is 0.497 e. The fourth-order valence-electron chi connectivity index (χ4n) is 2.68. The van der Waals surface area contributed by atoms with E-state index in [1.165, 1.54) is 4.31 Å². The molecule has 0 atom stereocenters. The number of hydrogen-bond donors (Lipinski definition) is 0. The van der Waals surface area contributed by atoms with Gasteiger partial charge in [-0.2, -0.15) is 0 Å². The molecule has 1 saturated heterocycles. The van der Waals surface area contributed by atoms with Crippen LogP contribution in [0.4, 0.5) is 0 Å². The molecular weight excluding hydrogens is 352 g/mol. The number of carbonyl (C=O) groups excluding carboxylic acids is 1.